The third kappa shape index (κ3) is 4.16. The van der Waals surface area contributed by atoms with Gasteiger partial charge in [0.1, 0.15) is 0 Å². The summed E-state index contributed by atoms with van der Waals surface area (Å²) in [5.41, 5.74) is 0.274. The van der Waals surface area contributed by atoms with Crippen LogP contribution in [0.1, 0.15) is 13.8 Å². The number of halogens is 1. The molecule has 0 N–H and O–H groups in total. The first-order valence-electron chi connectivity index (χ1n) is 4.53. The molecule has 78 valence electrons. The van der Waals surface area contributed by atoms with Crippen molar-refractivity contribution < 1.29 is 0 Å². The number of thioether (sulfide) groups is 1. The zero-order chi connectivity index (χ0) is 10.6. The van der Waals surface area contributed by atoms with E-state index in [1.165, 1.54) is 4.90 Å². The maximum absolute atomic E-state index is 5.90. The minimum Gasteiger partial charge on any atom is -0.179 e. The first-order chi connectivity index (χ1) is 6.53. The zero-order valence-electron chi connectivity index (χ0n) is 8.46. The van der Waals surface area contributed by atoms with E-state index in [9.17, 15) is 0 Å². The monoisotopic (exact) mass is 246 g/mol. The molecule has 0 nitrogen and oxygen atoms in total. The molecule has 3 heteroatoms. The lowest BCUT2D eigenvalue weighted by Crippen LogP contribution is -2.16. The third-order valence-electron chi connectivity index (χ3n) is 1.85. The average molecular weight is 247 g/mol. The molecule has 0 amide bonds. The second-order valence-corrected chi connectivity index (χ2v) is 5.87. The number of hydrogen-bond acceptors (Lipinski definition) is 2. The Morgan fingerprint density at radius 1 is 1.43 bits per heavy atom. The molecule has 14 heavy (non-hydrogen) atoms. The molecular formula is C11H15ClS2. The van der Waals surface area contributed by atoms with Gasteiger partial charge in [0, 0.05) is 15.7 Å². The fraction of sp³-hybridized carbons (Fsp3) is 0.455. The second kappa shape index (κ2) is 5.34. The van der Waals surface area contributed by atoms with E-state index in [4.69, 9.17) is 11.6 Å². The standard InChI is InChI=1S/C11H15ClS2/c1-11(2,7-13)8-14-10-5-3-4-9(12)6-10/h3-6,13H,7-8H2,1-2H3. The number of rotatable bonds is 4. The van der Waals surface area contributed by atoms with Gasteiger partial charge in [-0.3, -0.25) is 0 Å². The van der Waals surface area contributed by atoms with Gasteiger partial charge in [-0.2, -0.15) is 12.6 Å². The van der Waals surface area contributed by atoms with Crippen molar-refractivity contribution >= 4 is 36.0 Å². The predicted molar refractivity (Wildman–Crippen MR) is 69.8 cm³/mol. The fourth-order valence-electron chi connectivity index (χ4n) is 0.881. The number of benzene rings is 1. The molecule has 0 unspecified atom stereocenters. The fourth-order valence-corrected chi connectivity index (χ4v) is 2.44. The molecule has 0 saturated heterocycles. The van der Waals surface area contributed by atoms with Crippen molar-refractivity contribution in [3.63, 3.8) is 0 Å². The molecule has 0 heterocycles. The summed E-state index contributed by atoms with van der Waals surface area (Å²) in [5, 5.41) is 0.804. The molecule has 1 aromatic rings. The molecule has 0 bridgehead atoms. The van der Waals surface area contributed by atoms with Crippen molar-refractivity contribution in [3.05, 3.63) is 29.3 Å². The topological polar surface area (TPSA) is 0 Å². The first-order valence-corrected chi connectivity index (χ1v) is 6.52. The van der Waals surface area contributed by atoms with Gasteiger partial charge >= 0.3 is 0 Å². The van der Waals surface area contributed by atoms with Crippen molar-refractivity contribution in [2.45, 2.75) is 18.7 Å². The van der Waals surface area contributed by atoms with Gasteiger partial charge in [-0.05, 0) is 29.4 Å². The normalized spacial score (nSPS) is 11.7. The largest absolute Gasteiger partial charge is 0.179 e. The zero-order valence-corrected chi connectivity index (χ0v) is 10.9. The summed E-state index contributed by atoms with van der Waals surface area (Å²) in [4.78, 5) is 1.23. The summed E-state index contributed by atoms with van der Waals surface area (Å²) in [5.74, 6) is 1.97. The maximum atomic E-state index is 5.90. The Balaban J connectivity index is 2.54. The highest BCUT2D eigenvalue weighted by atomic mass is 35.5. The van der Waals surface area contributed by atoms with Gasteiger partial charge in [0.05, 0.1) is 0 Å². The summed E-state index contributed by atoms with van der Waals surface area (Å²) in [6, 6.07) is 7.97. The van der Waals surface area contributed by atoms with E-state index >= 15 is 0 Å². The van der Waals surface area contributed by atoms with Crippen molar-refractivity contribution in [1.29, 1.82) is 0 Å². The lowest BCUT2D eigenvalue weighted by molar-refractivity contribution is 0.494. The first kappa shape index (κ1) is 12.3. The lowest BCUT2D eigenvalue weighted by Gasteiger charge is -2.21. The Morgan fingerprint density at radius 3 is 2.71 bits per heavy atom. The molecule has 1 rings (SSSR count). The van der Waals surface area contributed by atoms with E-state index in [2.05, 4.69) is 32.5 Å². The van der Waals surface area contributed by atoms with Crippen LogP contribution in [-0.2, 0) is 0 Å². The van der Waals surface area contributed by atoms with Crippen LogP contribution < -0.4 is 0 Å². The van der Waals surface area contributed by atoms with Crippen LogP contribution in [0.25, 0.3) is 0 Å². The SMILES string of the molecule is CC(C)(CS)CSc1cccc(Cl)c1. The molecule has 1 aromatic carbocycles. The van der Waals surface area contributed by atoms with Crippen LogP contribution in [0.5, 0.6) is 0 Å². The molecule has 0 aliphatic carbocycles. The van der Waals surface area contributed by atoms with Crippen LogP contribution in [0.2, 0.25) is 5.02 Å². The van der Waals surface area contributed by atoms with Gasteiger partial charge in [0.25, 0.3) is 0 Å². The lowest BCUT2D eigenvalue weighted by atomic mass is 10.0. The minimum absolute atomic E-state index is 0.274. The van der Waals surface area contributed by atoms with E-state index < -0.39 is 0 Å². The summed E-state index contributed by atoms with van der Waals surface area (Å²) in [6.07, 6.45) is 0. The average Bonchev–Trinajstić information content (AvgIpc) is 2.15. The minimum atomic E-state index is 0.274. The smallest absolute Gasteiger partial charge is 0.0417 e. The van der Waals surface area contributed by atoms with E-state index in [1.54, 1.807) is 0 Å². The van der Waals surface area contributed by atoms with Crippen LogP contribution >= 0.6 is 36.0 Å². The van der Waals surface area contributed by atoms with Gasteiger partial charge in [0.2, 0.25) is 0 Å². The molecule has 0 fully saturated rings. The van der Waals surface area contributed by atoms with Gasteiger partial charge in [-0.1, -0.05) is 31.5 Å². The van der Waals surface area contributed by atoms with Crippen LogP contribution in [0.15, 0.2) is 29.2 Å². The van der Waals surface area contributed by atoms with Gasteiger partial charge in [-0.15, -0.1) is 11.8 Å². The predicted octanol–water partition coefficient (Wildman–Crippen LogP) is 4.39. The van der Waals surface area contributed by atoms with Gasteiger partial charge < -0.3 is 0 Å². The van der Waals surface area contributed by atoms with Crippen LogP contribution in [0.4, 0.5) is 0 Å². The summed E-state index contributed by atoms with van der Waals surface area (Å²) >= 11 is 12.1. The van der Waals surface area contributed by atoms with Crippen LogP contribution in [0, 0.1) is 5.41 Å². The van der Waals surface area contributed by atoms with Crippen molar-refractivity contribution in [3.8, 4) is 0 Å². The Hall–Kier alpha value is 0.210. The van der Waals surface area contributed by atoms with Crippen molar-refractivity contribution in [2.75, 3.05) is 11.5 Å². The highest BCUT2D eigenvalue weighted by Crippen LogP contribution is 2.29. The Labute approximate surface area is 101 Å². The van der Waals surface area contributed by atoms with Gasteiger partial charge in [0.15, 0.2) is 0 Å². The molecule has 0 aliphatic rings. The maximum Gasteiger partial charge on any atom is 0.0417 e. The highest BCUT2D eigenvalue weighted by Gasteiger charge is 2.15. The summed E-state index contributed by atoms with van der Waals surface area (Å²) < 4.78 is 0. The quantitative estimate of drug-likeness (QED) is 0.608. The molecule has 0 spiro atoms. The van der Waals surface area contributed by atoms with E-state index in [1.807, 2.05) is 30.0 Å². The van der Waals surface area contributed by atoms with E-state index in [0.717, 1.165) is 16.5 Å². The van der Waals surface area contributed by atoms with Crippen LogP contribution in [0.3, 0.4) is 0 Å². The molecular weight excluding hydrogens is 232 g/mol. The van der Waals surface area contributed by atoms with Crippen molar-refractivity contribution in [2.24, 2.45) is 5.41 Å². The molecule has 0 aromatic heterocycles. The third-order valence-corrected chi connectivity index (χ3v) is 4.46. The highest BCUT2D eigenvalue weighted by molar-refractivity contribution is 7.99. The summed E-state index contributed by atoms with van der Waals surface area (Å²) in [7, 11) is 0. The molecule has 0 aliphatic heterocycles. The molecule has 0 saturated carbocycles. The number of thiol groups is 1. The van der Waals surface area contributed by atoms with Crippen LogP contribution in [-0.4, -0.2) is 11.5 Å². The Morgan fingerprint density at radius 2 is 2.14 bits per heavy atom. The summed E-state index contributed by atoms with van der Waals surface area (Å²) in [6.45, 7) is 4.44. The van der Waals surface area contributed by atoms with Crippen molar-refractivity contribution in [1.82, 2.24) is 0 Å². The number of hydrogen-bond donors (Lipinski definition) is 1. The van der Waals surface area contributed by atoms with E-state index in [-0.39, 0.29) is 5.41 Å². The second-order valence-electron chi connectivity index (χ2n) is 4.07. The Bertz CT molecular complexity index is 297. The molecule has 0 radical (unpaired) electrons. The van der Waals surface area contributed by atoms with E-state index in [0.29, 0.717) is 0 Å². The van der Waals surface area contributed by atoms with Gasteiger partial charge in [-0.25, -0.2) is 0 Å². The molecule has 0 atom stereocenters. The Kier molecular flexibility index (Phi) is 4.68.